The van der Waals surface area contributed by atoms with E-state index in [2.05, 4.69) is 0 Å². The molecule has 0 aliphatic rings. The normalized spacial score (nSPS) is 10.9. The zero-order chi connectivity index (χ0) is 13.5. The van der Waals surface area contributed by atoms with Gasteiger partial charge in [0.2, 0.25) is 0 Å². The van der Waals surface area contributed by atoms with Gasteiger partial charge in [-0.25, -0.2) is 0 Å². The van der Waals surface area contributed by atoms with E-state index in [4.69, 9.17) is 20.8 Å². The maximum atomic E-state index is 12.3. The molecule has 5 heteroatoms. The molecule has 0 spiro atoms. The van der Waals surface area contributed by atoms with Crippen molar-refractivity contribution in [3.63, 3.8) is 0 Å². The predicted molar refractivity (Wildman–Crippen MR) is 71.2 cm³/mol. The number of amides is 1. The topological polar surface area (TPSA) is 42.7 Å². The summed E-state index contributed by atoms with van der Waals surface area (Å²) in [5, 5.41) is 0. The van der Waals surface area contributed by atoms with Crippen LogP contribution >= 0.6 is 11.6 Å². The lowest BCUT2D eigenvalue weighted by Gasteiger charge is -2.26. The average molecular weight is 274 g/mol. The molecule has 1 amide bonds. The Morgan fingerprint density at radius 2 is 2.22 bits per heavy atom. The standard InChI is InChI=1S/C13H20ClNO3/c1-10(2)15(6-9-17-8-5-14)13(16)12-11(3)4-7-18-12/h4,7,10H,5-6,8-9H2,1-3H3. The van der Waals surface area contributed by atoms with Gasteiger partial charge in [-0.05, 0) is 26.8 Å². The number of carbonyl (C=O) groups excluding carboxylic acids is 1. The van der Waals surface area contributed by atoms with Crippen LogP contribution in [0, 0.1) is 6.92 Å². The maximum Gasteiger partial charge on any atom is 0.290 e. The van der Waals surface area contributed by atoms with Crippen molar-refractivity contribution in [3.8, 4) is 0 Å². The van der Waals surface area contributed by atoms with Crippen molar-refractivity contribution < 1.29 is 13.9 Å². The van der Waals surface area contributed by atoms with Gasteiger partial charge >= 0.3 is 0 Å². The summed E-state index contributed by atoms with van der Waals surface area (Å²) in [4.78, 5) is 14.0. The molecule has 1 heterocycles. The summed E-state index contributed by atoms with van der Waals surface area (Å²) in [6.45, 7) is 7.32. The van der Waals surface area contributed by atoms with E-state index < -0.39 is 0 Å². The van der Waals surface area contributed by atoms with E-state index >= 15 is 0 Å². The van der Waals surface area contributed by atoms with Gasteiger partial charge in [0.15, 0.2) is 5.76 Å². The van der Waals surface area contributed by atoms with Crippen molar-refractivity contribution in [1.29, 1.82) is 0 Å². The lowest BCUT2D eigenvalue weighted by atomic mass is 10.2. The summed E-state index contributed by atoms with van der Waals surface area (Å²) in [6.07, 6.45) is 1.53. The maximum absolute atomic E-state index is 12.3. The first-order chi connectivity index (χ1) is 8.57. The highest BCUT2D eigenvalue weighted by Crippen LogP contribution is 2.13. The van der Waals surface area contributed by atoms with Crippen LogP contribution in [0.5, 0.6) is 0 Å². The van der Waals surface area contributed by atoms with Crippen LogP contribution in [0.4, 0.5) is 0 Å². The number of hydrogen-bond acceptors (Lipinski definition) is 3. The number of alkyl halides is 1. The van der Waals surface area contributed by atoms with E-state index in [0.29, 0.717) is 31.4 Å². The monoisotopic (exact) mass is 273 g/mol. The Balaban J connectivity index is 2.62. The molecule has 0 aromatic carbocycles. The molecule has 0 N–H and O–H groups in total. The van der Waals surface area contributed by atoms with Crippen LogP contribution in [0.25, 0.3) is 0 Å². The third-order valence-corrected chi connectivity index (χ3v) is 2.79. The van der Waals surface area contributed by atoms with Crippen molar-refractivity contribution in [3.05, 3.63) is 23.7 Å². The second-order valence-electron chi connectivity index (χ2n) is 4.33. The van der Waals surface area contributed by atoms with Crippen LogP contribution in [0.2, 0.25) is 0 Å². The molecular weight excluding hydrogens is 254 g/mol. The van der Waals surface area contributed by atoms with Gasteiger partial charge < -0.3 is 14.1 Å². The van der Waals surface area contributed by atoms with Gasteiger partial charge in [-0.15, -0.1) is 11.6 Å². The molecule has 0 fully saturated rings. The second-order valence-corrected chi connectivity index (χ2v) is 4.70. The molecule has 0 saturated carbocycles. The Morgan fingerprint density at radius 3 is 2.72 bits per heavy atom. The minimum atomic E-state index is -0.0954. The predicted octanol–water partition coefficient (Wildman–Crippen LogP) is 2.69. The summed E-state index contributed by atoms with van der Waals surface area (Å²) in [7, 11) is 0. The van der Waals surface area contributed by atoms with Crippen molar-refractivity contribution in [1.82, 2.24) is 4.90 Å². The van der Waals surface area contributed by atoms with Gasteiger partial charge in [-0.3, -0.25) is 4.79 Å². The van der Waals surface area contributed by atoms with Crippen LogP contribution < -0.4 is 0 Å². The van der Waals surface area contributed by atoms with Gasteiger partial charge in [0.1, 0.15) is 0 Å². The number of aryl methyl sites for hydroxylation is 1. The highest BCUT2D eigenvalue weighted by molar-refractivity contribution is 6.17. The Bertz CT molecular complexity index is 376. The first-order valence-electron chi connectivity index (χ1n) is 6.06. The molecule has 0 aliphatic heterocycles. The molecule has 0 radical (unpaired) electrons. The van der Waals surface area contributed by atoms with E-state index in [1.165, 1.54) is 6.26 Å². The van der Waals surface area contributed by atoms with Crippen LogP contribution in [-0.2, 0) is 4.74 Å². The molecule has 1 aromatic heterocycles. The highest BCUT2D eigenvalue weighted by Gasteiger charge is 2.22. The molecule has 1 rings (SSSR count). The lowest BCUT2D eigenvalue weighted by molar-refractivity contribution is 0.0565. The third-order valence-electron chi connectivity index (χ3n) is 2.64. The number of carbonyl (C=O) groups is 1. The molecule has 0 bridgehead atoms. The van der Waals surface area contributed by atoms with Gasteiger partial charge in [-0.1, -0.05) is 0 Å². The van der Waals surface area contributed by atoms with Crippen molar-refractivity contribution in [2.45, 2.75) is 26.8 Å². The largest absolute Gasteiger partial charge is 0.459 e. The van der Waals surface area contributed by atoms with Crippen molar-refractivity contribution >= 4 is 17.5 Å². The van der Waals surface area contributed by atoms with Gasteiger partial charge in [0.25, 0.3) is 5.91 Å². The molecule has 102 valence electrons. The highest BCUT2D eigenvalue weighted by atomic mass is 35.5. The number of halogens is 1. The second kappa shape index (κ2) is 7.44. The van der Waals surface area contributed by atoms with Crippen molar-refractivity contribution in [2.24, 2.45) is 0 Å². The van der Waals surface area contributed by atoms with E-state index in [1.807, 2.05) is 20.8 Å². The first kappa shape index (κ1) is 15.1. The molecular formula is C13H20ClNO3. The number of hydrogen-bond donors (Lipinski definition) is 0. The van der Waals surface area contributed by atoms with Crippen LogP contribution in [0.1, 0.15) is 30.0 Å². The Morgan fingerprint density at radius 1 is 1.50 bits per heavy atom. The molecule has 4 nitrogen and oxygen atoms in total. The Hall–Kier alpha value is -1.00. The first-order valence-corrected chi connectivity index (χ1v) is 6.60. The van der Waals surface area contributed by atoms with E-state index in [9.17, 15) is 4.79 Å². The Labute approximate surface area is 113 Å². The van der Waals surface area contributed by atoms with Crippen LogP contribution in [0.15, 0.2) is 16.7 Å². The summed E-state index contributed by atoms with van der Waals surface area (Å²) in [6, 6.07) is 1.89. The number of furan rings is 1. The minimum Gasteiger partial charge on any atom is -0.459 e. The summed E-state index contributed by atoms with van der Waals surface area (Å²) >= 11 is 5.52. The zero-order valence-corrected chi connectivity index (χ0v) is 11.9. The van der Waals surface area contributed by atoms with Gasteiger partial charge in [0, 0.05) is 24.0 Å². The minimum absolute atomic E-state index is 0.0954. The van der Waals surface area contributed by atoms with E-state index in [1.54, 1.807) is 11.0 Å². The quantitative estimate of drug-likeness (QED) is 0.567. The Kier molecular flexibility index (Phi) is 6.22. The average Bonchev–Trinajstić information content (AvgIpc) is 2.74. The van der Waals surface area contributed by atoms with Gasteiger partial charge in [0.05, 0.1) is 19.5 Å². The fraction of sp³-hybridized carbons (Fsp3) is 0.615. The van der Waals surface area contributed by atoms with Gasteiger partial charge in [-0.2, -0.15) is 0 Å². The number of nitrogens with zero attached hydrogens (tertiary/aromatic N) is 1. The summed E-state index contributed by atoms with van der Waals surface area (Å²) in [5.41, 5.74) is 0.854. The fourth-order valence-corrected chi connectivity index (χ4v) is 1.75. The molecule has 1 aromatic rings. The molecule has 0 unspecified atom stereocenters. The van der Waals surface area contributed by atoms with E-state index in [-0.39, 0.29) is 11.9 Å². The SMILES string of the molecule is Cc1ccoc1C(=O)N(CCOCCCl)C(C)C. The lowest BCUT2D eigenvalue weighted by Crippen LogP contribution is -2.39. The molecule has 0 atom stereocenters. The molecule has 0 aliphatic carbocycles. The number of ether oxygens (including phenoxy) is 1. The van der Waals surface area contributed by atoms with Crippen LogP contribution in [0.3, 0.4) is 0 Å². The van der Waals surface area contributed by atoms with Crippen molar-refractivity contribution in [2.75, 3.05) is 25.6 Å². The smallest absolute Gasteiger partial charge is 0.290 e. The number of rotatable bonds is 7. The fourth-order valence-electron chi connectivity index (χ4n) is 1.64. The summed E-state index contributed by atoms with van der Waals surface area (Å²) < 4.78 is 10.5. The van der Waals surface area contributed by atoms with E-state index in [0.717, 1.165) is 5.56 Å². The molecule has 18 heavy (non-hydrogen) atoms. The molecule has 0 saturated heterocycles. The summed E-state index contributed by atoms with van der Waals surface area (Å²) in [5.74, 6) is 0.774. The third kappa shape index (κ3) is 4.03. The van der Waals surface area contributed by atoms with Crippen LogP contribution in [-0.4, -0.2) is 42.5 Å². The zero-order valence-electron chi connectivity index (χ0n) is 11.1.